The molecule has 2 nitrogen and oxygen atoms in total. The van der Waals surface area contributed by atoms with Gasteiger partial charge in [-0.2, -0.15) is 0 Å². The molecule has 0 spiro atoms. The van der Waals surface area contributed by atoms with Gasteiger partial charge in [-0.15, -0.1) is 0 Å². The zero-order chi connectivity index (χ0) is 13.8. The van der Waals surface area contributed by atoms with Crippen LogP contribution in [-0.4, -0.2) is 12.2 Å². The molecule has 1 unspecified atom stereocenters. The number of aliphatic hydroxyl groups is 1. The van der Waals surface area contributed by atoms with E-state index in [1.165, 1.54) is 6.07 Å². The van der Waals surface area contributed by atoms with Gasteiger partial charge < -0.3 is 9.84 Å². The summed E-state index contributed by atoms with van der Waals surface area (Å²) in [6.07, 6.45) is -0.600. The second-order valence-corrected chi connectivity index (χ2v) is 4.61. The van der Waals surface area contributed by atoms with E-state index in [4.69, 9.17) is 16.3 Å². The lowest BCUT2D eigenvalue weighted by molar-refractivity contribution is 0.177. The first-order valence-corrected chi connectivity index (χ1v) is 6.24. The number of benzene rings is 2. The maximum Gasteiger partial charge on any atom is 0.145 e. The van der Waals surface area contributed by atoms with E-state index < -0.39 is 11.9 Å². The molecule has 1 atom stereocenters. The summed E-state index contributed by atoms with van der Waals surface area (Å²) < 4.78 is 18.8. The fraction of sp³-hybridized carbons (Fsp3) is 0.200. The highest BCUT2D eigenvalue weighted by Gasteiger charge is 2.13. The number of rotatable bonds is 4. The first-order valence-electron chi connectivity index (χ1n) is 5.86. The van der Waals surface area contributed by atoms with Crippen molar-refractivity contribution in [3.63, 3.8) is 0 Å². The second kappa shape index (κ2) is 6.04. The van der Waals surface area contributed by atoms with Crippen LogP contribution in [0.4, 0.5) is 4.39 Å². The van der Waals surface area contributed by atoms with E-state index in [9.17, 15) is 9.50 Å². The molecule has 100 valence electrons. The molecule has 0 aliphatic rings. The Kier molecular flexibility index (Phi) is 4.40. The van der Waals surface area contributed by atoms with Gasteiger partial charge in [0, 0.05) is 6.42 Å². The number of hydrogen-bond donors (Lipinski definition) is 1. The number of aliphatic hydroxyl groups excluding tert-OH is 1. The number of halogens is 2. The highest BCUT2D eigenvalue weighted by Crippen LogP contribution is 2.25. The molecule has 0 aromatic heterocycles. The molecule has 0 bridgehead atoms. The average molecular weight is 281 g/mol. The molecular weight excluding hydrogens is 267 g/mol. The van der Waals surface area contributed by atoms with E-state index in [1.807, 2.05) is 0 Å². The molecule has 0 heterocycles. The highest BCUT2D eigenvalue weighted by atomic mass is 35.5. The van der Waals surface area contributed by atoms with Crippen molar-refractivity contribution < 1.29 is 14.2 Å². The van der Waals surface area contributed by atoms with Crippen LogP contribution in [0.25, 0.3) is 0 Å². The molecule has 1 N–H and O–H groups in total. The molecule has 0 saturated carbocycles. The summed E-state index contributed by atoms with van der Waals surface area (Å²) in [6.45, 7) is 0. The van der Waals surface area contributed by atoms with E-state index >= 15 is 0 Å². The van der Waals surface area contributed by atoms with Crippen LogP contribution in [0.3, 0.4) is 0 Å². The lowest BCUT2D eigenvalue weighted by Gasteiger charge is -2.12. The summed E-state index contributed by atoms with van der Waals surface area (Å²) in [6, 6.07) is 11.8. The fourth-order valence-corrected chi connectivity index (χ4v) is 2.05. The van der Waals surface area contributed by atoms with Gasteiger partial charge in [-0.05, 0) is 29.3 Å². The number of methoxy groups -OCH3 is 1. The maximum atomic E-state index is 13.7. The van der Waals surface area contributed by atoms with E-state index in [2.05, 4.69) is 0 Å². The Hall–Kier alpha value is -1.58. The van der Waals surface area contributed by atoms with Gasteiger partial charge in [0.1, 0.15) is 11.6 Å². The van der Waals surface area contributed by atoms with Crippen molar-refractivity contribution in [2.24, 2.45) is 0 Å². The summed E-state index contributed by atoms with van der Waals surface area (Å²) in [5, 5.41) is 10.2. The highest BCUT2D eigenvalue weighted by molar-refractivity contribution is 6.30. The van der Waals surface area contributed by atoms with Crippen LogP contribution >= 0.6 is 11.6 Å². The molecule has 2 aromatic carbocycles. The molecule has 0 saturated heterocycles. The Morgan fingerprint density at radius 3 is 2.53 bits per heavy atom. The molecule has 2 aromatic rings. The Labute approximate surface area is 116 Å². The standard InChI is InChI=1S/C15H14ClFO2/c1-19-12-7-5-10(6-8-12)14(18)9-11-3-2-4-13(16)15(11)17/h2-8,14,18H,9H2,1H3. The predicted molar refractivity (Wildman–Crippen MR) is 73.1 cm³/mol. The minimum atomic E-state index is -0.779. The summed E-state index contributed by atoms with van der Waals surface area (Å²) in [7, 11) is 1.58. The third-order valence-corrected chi connectivity index (χ3v) is 3.24. The second-order valence-electron chi connectivity index (χ2n) is 4.21. The van der Waals surface area contributed by atoms with Gasteiger partial charge in [0.15, 0.2) is 0 Å². The average Bonchev–Trinajstić information content (AvgIpc) is 2.44. The topological polar surface area (TPSA) is 29.5 Å². The van der Waals surface area contributed by atoms with Gasteiger partial charge in [0.05, 0.1) is 18.2 Å². The van der Waals surface area contributed by atoms with Crippen LogP contribution in [0.2, 0.25) is 5.02 Å². The first-order chi connectivity index (χ1) is 9.11. The minimum Gasteiger partial charge on any atom is -0.497 e. The smallest absolute Gasteiger partial charge is 0.145 e. The molecular formula is C15H14ClFO2. The Morgan fingerprint density at radius 1 is 1.21 bits per heavy atom. The Bertz CT molecular complexity index is 555. The van der Waals surface area contributed by atoms with Gasteiger partial charge in [0.25, 0.3) is 0 Å². The van der Waals surface area contributed by atoms with E-state index in [0.717, 1.165) is 0 Å². The zero-order valence-electron chi connectivity index (χ0n) is 10.4. The van der Waals surface area contributed by atoms with Gasteiger partial charge in [-0.25, -0.2) is 4.39 Å². The normalized spacial score (nSPS) is 12.2. The molecule has 0 aliphatic carbocycles. The Morgan fingerprint density at radius 2 is 1.89 bits per heavy atom. The number of hydrogen-bond acceptors (Lipinski definition) is 2. The van der Waals surface area contributed by atoms with Crippen molar-refractivity contribution >= 4 is 11.6 Å². The summed E-state index contributed by atoms with van der Waals surface area (Å²) >= 11 is 5.71. The first kappa shape index (κ1) is 13.8. The van der Waals surface area contributed by atoms with Crippen molar-refractivity contribution in [3.05, 3.63) is 64.4 Å². The molecule has 0 radical (unpaired) electrons. The van der Waals surface area contributed by atoms with Crippen LogP contribution < -0.4 is 4.74 Å². The molecule has 0 aliphatic heterocycles. The van der Waals surface area contributed by atoms with E-state index in [1.54, 1.807) is 43.5 Å². The molecule has 2 rings (SSSR count). The molecule has 19 heavy (non-hydrogen) atoms. The lowest BCUT2D eigenvalue weighted by Crippen LogP contribution is -2.03. The van der Waals surface area contributed by atoms with Crippen molar-refractivity contribution in [3.8, 4) is 5.75 Å². The lowest BCUT2D eigenvalue weighted by atomic mass is 10.0. The van der Waals surface area contributed by atoms with Crippen molar-refractivity contribution in [2.75, 3.05) is 7.11 Å². The molecule has 0 amide bonds. The zero-order valence-corrected chi connectivity index (χ0v) is 11.2. The van der Waals surface area contributed by atoms with Crippen molar-refractivity contribution in [1.29, 1.82) is 0 Å². The van der Waals surface area contributed by atoms with Crippen molar-refractivity contribution in [2.45, 2.75) is 12.5 Å². The maximum absolute atomic E-state index is 13.7. The predicted octanol–water partition coefficient (Wildman–Crippen LogP) is 3.76. The van der Waals surface area contributed by atoms with Crippen LogP contribution in [-0.2, 0) is 6.42 Å². The largest absolute Gasteiger partial charge is 0.497 e. The van der Waals surface area contributed by atoms with Gasteiger partial charge in [-0.1, -0.05) is 35.9 Å². The van der Waals surface area contributed by atoms with Crippen LogP contribution in [0.5, 0.6) is 5.75 Å². The minimum absolute atomic E-state index is 0.0689. The van der Waals surface area contributed by atoms with E-state index in [0.29, 0.717) is 16.9 Å². The molecule has 0 fully saturated rings. The van der Waals surface area contributed by atoms with Gasteiger partial charge in [-0.3, -0.25) is 0 Å². The third kappa shape index (κ3) is 3.25. The van der Waals surface area contributed by atoms with Crippen LogP contribution in [0.15, 0.2) is 42.5 Å². The monoisotopic (exact) mass is 280 g/mol. The quantitative estimate of drug-likeness (QED) is 0.924. The summed E-state index contributed by atoms with van der Waals surface area (Å²) in [4.78, 5) is 0. The SMILES string of the molecule is COc1ccc(C(O)Cc2cccc(Cl)c2F)cc1. The van der Waals surface area contributed by atoms with Gasteiger partial charge >= 0.3 is 0 Å². The number of ether oxygens (including phenoxy) is 1. The molecule has 4 heteroatoms. The van der Waals surface area contributed by atoms with Gasteiger partial charge in [0.2, 0.25) is 0 Å². The third-order valence-electron chi connectivity index (χ3n) is 2.95. The Balaban J connectivity index is 2.15. The van der Waals surface area contributed by atoms with Crippen molar-refractivity contribution in [1.82, 2.24) is 0 Å². The summed E-state index contributed by atoms with van der Waals surface area (Å²) in [5.41, 5.74) is 1.11. The van der Waals surface area contributed by atoms with Crippen LogP contribution in [0.1, 0.15) is 17.2 Å². The van der Waals surface area contributed by atoms with E-state index in [-0.39, 0.29) is 11.4 Å². The fourth-order valence-electron chi connectivity index (χ4n) is 1.86. The van der Waals surface area contributed by atoms with Crippen LogP contribution in [0, 0.1) is 5.82 Å². The summed E-state index contributed by atoms with van der Waals surface area (Å²) in [5.74, 6) is 0.238.